The maximum Gasteiger partial charge on any atom is 0.416 e. The van der Waals surface area contributed by atoms with E-state index >= 15 is 0 Å². The molecule has 3 aromatic rings. The Balaban J connectivity index is 1.58. The van der Waals surface area contributed by atoms with Crippen molar-refractivity contribution in [1.29, 1.82) is 0 Å². The first-order chi connectivity index (χ1) is 14.3. The molecule has 0 bridgehead atoms. The lowest BCUT2D eigenvalue weighted by Crippen LogP contribution is -2.30. The number of carbonyl (C=O) groups is 1. The van der Waals surface area contributed by atoms with Gasteiger partial charge in [-0.25, -0.2) is 9.97 Å². The van der Waals surface area contributed by atoms with Crippen LogP contribution in [0.25, 0.3) is 11.5 Å². The summed E-state index contributed by atoms with van der Waals surface area (Å²) >= 11 is 0. The van der Waals surface area contributed by atoms with Crippen LogP contribution in [0.2, 0.25) is 0 Å². The molecular formula is C21H18F3N3O3. The van der Waals surface area contributed by atoms with Crippen LogP contribution < -0.4 is 10.1 Å². The normalized spacial score (nSPS) is 16.1. The van der Waals surface area contributed by atoms with Gasteiger partial charge in [0.1, 0.15) is 5.76 Å². The van der Waals surface area contributed by atoms with Gasteiger partial charge in [-0.3, -0.25) is 4.79 Å². The van der Waals surface area contributed by atoms with Crippen molar-refractivity contribution in [2.24, 2.45) is 0 Å². The highest BCUT2D eigenvalue weighted by Gasteiger charge is 2.32. The minimum Gasteiger partial charge on any atom is -0.481 e. The lowest BCUT2D eigenvalue weighted by Gasteiger charge is -2.21. The van der Waals surface area contributed by atoms with Crippen LogP contribution in [-0.2, 0) is 12.6 Å². The molecular weight excluding hydrogens is 399 g/mol. The number of hydrogen-bond donors (Lipinski definition) is 1. The topological polar surface area (TPSA) is 77.3 Å². The summed E-state index contributed by atoms with van der Waals surface area (Å²) in [6.07, 6.45) is -0.876. The molecule has 0 unspecified atom stereocenters. The van der Waals surface area contributed by atoms with Gasteiger partial charge in [-0.15, -0.1) is 0 Å². The minimum atomic E-state index is -4.51. The second kappa shape index (κ2) is 7.81. The average molecular weight is 417 g/mol. The number of oxazole rings is 1. The first-order valence-electron chi connectivity index (χ1n) is 9.33. The molecule has 1 atom stereocenters. The molecule has 0 aliphatic heterocycles. The zero-order valence-electron chi connectivity index (χ0n) is 16.0. The SMILES string of the molecule is COc1cc(-c2nc3c(o2)[C@H](NC(=O)c2cccc(C(F)(F)F)c2)CCC3)ccn1. The highest BCUT2D eigenvalue weighted by molar-refractivity contribution is 5.94. The van der Waals surface area contributed by atoms with E-state index in [1.54, 1.807) is 18.3 Å². The molecule has 1 aliphatic carbocycles. The van der Waals surface area contributed by atoms with Gasteiger partial charge < -0.3 is 14.5 Å². The van der Waals surface area contributed by atoms with Gasteiger partial charge in [-0.05, 0) is 43.5 Å². The predicted octanol–water partition coefficient (Wildman–Crippen LogP) is 4.57. The van der Waals surface area contributed by atoms with Crippen LogP contribution in [0.4, 0.5) is 13.2 Å². The van der Waals surface area contributed by atoms with E-state index in [4.69, 9.17) is 9.15 Å². The number of nitrogens with zero attached hydrogens (tertiary/aromatic N) is 2. The molecule has 0 saturated carbocycles. The number of carbonyl (C=O) groups excluding carboxylic acids is 1. The minimum absolute atomic E-state index is 0.0597. The smallest absolute Gasteiger partial charge is 0.416 e. The van der Waals surface area contributed by atoms with Crippen molar-refractivity contribution >= 4 is 5.91 Å². The van der Waals surface area contributed by atoms with E-state index in [1.807, 2.05) is 0 Å². The number of fused-ring (bicyclic) bond motifs is 1. The monoisotopic (exact) mass is 417 g/mol. The van der Waals surface area contributed by atoms with Gasteiger partial charge in [0.25, 0.3) is 5.91 Å². The Kier molecular flexibility index (Phi) is 5.19. The van der Waals surface area contributed by atoms with Gasteiger partial charge in [0.05, 0.1) is 24.4 Å². The summed E-state index contributed by atoms with van der Waals surface area (Å²) in [5, 5.41) is 2.78. The van der Waals surface area contributed by atoms with Crippen LogP contribution in [0.1, 0.15) is 46.3 Å². The van der Waals surface area contributed by atoms with E-state index in [0.717, 1.165) is 24.2 Å². The number of nitrogens with one attached hydrogen (secondary N) is 1. The summed E-state index contributed by atoms with van der Waals surface area (Å²) in [4.78, 5) is 21.2. The van der Waals surface area contributed by atoms with Crippen LogP contribution in [0, 0.1) is 0 Å². The van der Waals surface area contributed by atoms with Gasteiger partial charge in [-0.2, -0.15) is 13.2 Å². The van der Waals surface area contributed by atoms with E-state index < -0.39 is 23.7 Å². The average Bonchev–Trinajstić information content (AvgIpc) is 3.19. The Morgan fingerprint density at radius 2 is 2.10 bits per heavy atom. The van der Waals surface area contributed by atoms with E-state index in [-0.39, 0.29) is 5.56 Å². The summed E-state index contributed by atoms with van der Waals surface area (Å²) < 4.78 is 49.9. The van der Waals surface area contributed by atoms with Crippen LogP contribution in [0.3, 0.4) is 0 Å². The van der Waals surface area contributed by atoms with Crippen molar-refractivity contribution in [3.63, 3.8) is 0 Å². The van der Waals surface area contributed by atoms with E-state index in [2.05, 4.69) is 15.3 Å². The third kappa shape index (κ3) is 4.00. The van der Waals surface area contributed by atoms with Gasteiger partial charge in [-0.1, -0.05) is 6.07 Å². The Labute approximate surface area is 170 Å². The summed E-state index contributed by atoms with van der Waals surface area (Å²) in [5.41, 5.74) is 0.476. The lowest BCUT2D eigenvalue weighted by atomic mass is 9.96. The summed E-state index contributed by atoms with van der Waals surface area (Å²) in [6.45, 7) is 0. The highest BCUT2D eigenvalue weighted by Crippen LogP contribution is 2.34. The number of ether oxygens (including phenoxy) is 1. The number of hydrogen-bond acceptors (Lipinski definition) is 5. The Hall–Kier alpha value is -3.36. The molecule has 0 radical (unpaired) electrons. The molecule has 1 aliphatic rings. The van der Waals surface area contributed by atoms with Crippen LogP contribution in [0.15, 0.2) is 47.0 Å². The quantitative estimate of drug-likeness (QED) is 0.673. The number of halogens is 3. The van der Waals surface area contributed by atoms with Crippen LogP contribution >= 0.6 is 0 Å². The third-order valence-corrected chi connectivity index (χ3v) is 4.90. The first-order valence-corrected chi connectivity index (χ1v) is 9.33. The molecule has 0 saturated heterocycles. The van der Waals surface area contributed by atoms with E-state index in [1.165, 1.54) is 19.2 Å². The molecule has 0 spiro atoms. The number of alkyl halides is 3. The fraction of sp³-hybridized carbons (Fsp3) is 0.286. The molecule has 4 rings (SSSR count). The third-order valence-electron chi connectivity index (χ3n) is 4.90. The van der Waals surface area contributed by atoms with Gasteiger partial charge >= 0.3 is 6.18 Å². The second-order valence-corrected chi connectivity index (χ2v) is 6.91. The Morgan fingerprint density at radius 1 is 1.27 bits per heavy atom. The Morgan fingerprint density at radius 3 is 2.87 bits per heavy atom. The summed E-state index contributed by atoms with van der Waals surface area (Å²) in [5.74, 6) is 0.717. The van der Waals surface area contributed by atoms with Crippen molar-refractivity contribution in [3.8, 4) is 17.3 Å². The van der Waals surface area contributed by atoms with E-state index in [0.29, 0.717) is 35.9 Å². The van der Waals surface area contributed by atoms with E-state index in [9.17, 15) is 18.0 Å². The van der Waals surface area contributed by atoms with Crippen molar-refractivity contribution in [2.75, 3.05) is 7.11 Å². The fourth-order valence-corrected chi connectivity index (χ4v) is 3.41. The van der Waals surface area contributed by atoms with Gasteiger partial charge in [0.15, 0.2) is 0 Å². The van der Waals surface area contributed by atoms with Gasteiger partial charge in [0.2, 0.25) is 11.8 Å². The molecule has 1 N–H and O–H groups in total. The number of amides is 1. The van der Waals surface area contributed by atoms with Crippen molar-refractivity contribution in [1.82, 2.24) is 15.3 Å². The number of aromatic nitrogens is 2. The van der Waals surface area contributed by atoms with Crippen molar-refractivity contribution < 1.29 is 27.1 Å². The standard InChI is InChI=1S/C21H18F3N3O3/c1-29-17-11-13(8-9-25-17)20-27-16-7-3-6-15(18(16)30-20)26-19(28)12-4-2-5-14(10-12)21(22,23)24/h2,4-5,8-11,15H,3,6-7H2,1H3,(H,26,28)/t15-/m1/s1. The van der Waals surface area contributed by atoms with Crippen molar-refractivity contribution in [2.45, 2.75) is 31.5 Å². The molecule has 6 nitrogen and oxygen atoms in total. The Bertz CT molecular complexity index is 1080. The second-order valence-electron chi connectivity index (χ2n) is 6.91. The number of pyridine rings is 1. The summed E-state index contributed by atoms with van der Waals surface area (Å²) in [7, 11) is 1.51. The molecule has 9 heteroatoms. The molecule has 30 heavy (non-hydrogen) atoms. The van der Waals surface area contributed by atoms with Crippen molar-refractivity contribution in [3.05, 3.63) is 65.2 Å². The first kappa shape index (κ1) is 19.9. The molecule has 0 fully saturated rings. The maximum absolute atomic E-state index is 12.9. The fourth-order valence-electron chi connectivity index (χ4n) is 3.41. The van der Waals surface area contributed by atoms with Crippen LogP contribution in [0.5, 0.6) is 5.88 Å². The maximum atomic E-state index is 12.9. The molecule has 2 heterocycles. The van der Waals surface area contributed by atoms with Crippen LogP contribution in [-0.4, -0.2) is 23.0 Å². The number of rotatable bonds is 4. The highest BCUT2D eigenvalue weighted by atomic mass is 19.4. The largest absolute Gasteiger partial charge is 0.481 e. The predicted molar refractivity (Wildman–Crippen MR) is 101 cm³/mol. The number of benzene rings is 1. The summed E-state index contributed by atoms with van der Waals surface area (Å²) in [6, 6.07) is 7.29. The number of aryl methyl sites for hydroxylation is 1. The molecule has 2 aromatic heterocycles. The molecule has 1 amide bonds. The lowest BCUT2D eigenvalue weighted by molar-refractivity contribution is -0.137. The zero-order valence-corrected chi connectivity index (χ0v) is 16.0. The number of methoxy groups -OCH3 is 1. The molecule has 156 valence electrons. The van der Waals surface area contributed by atoms with Gasteiger partial charge in [0, 0.05) is 23.4 Å². The molecule has 1 aromatic carbocycles. The zero-order chi connectivity index (χ0) is 21.3.